The SMILES string of the molecule is CCOc1nc(NC(=O)NS(=O)(=O)c2cc(Cl)cc(Cl)c2)nc(-c2ccccc2)n1. The van der Waals surface area contributed by atoms with Crippen molar-refractivity contribution in [2.75, 3.05) is 11.9 Å². The van der Waals surface area contributed by atoms with E-state index < -0.39 is 16.1 Å². The van der Waals surface area contributed by atoms with Gasteiger partial charge >= 0.3 is 12.0 Å². The van der Waals surface area contributed by atoms with E-state index in [-0.39, 0.29) is 39.3 Å². The van der Waals surface area contributed by atoms with Gasteiger partial charge in [0, 0.05) is 15.6 Å². The molecule has 0 aliphatic carbocycles. The number of hydrogen-bond donors (Lipinski definition) is 2. The van der Waals surface area contributed by atoms with Crippen LogP contribution < -0.4 is 14.8 Å². The second-order valence-electron chi connectivity index (χ2n) is 5.73. The molecule has 0 radical (unpaired) electrons. The highest BCUT2D eigenvalue weighted by atomic mass is 35.5. The fourth-order valence-electron chi connectivity index (χ4n) is 2.31. The molecular formula is C18H15Cl2N5O4S. The van der Waals surface area contributed by atoms with Crippen LogP contribution in [0.5, 0.6) is 6.01 Å². The lowest BCUT2D eigenvalue weighted by atomic mass is 10.2. The molecule has 9 nitrogen and oxygen atoms in total. The molecule has 0 aliphatic heterocycles. The van der Waals surface area contributed by atoms with Gasteiger partial charge in [0.2, 0.25) is 5.95 Å². The lowest BCUT2D eigenvalue weighted by Gasteiger charge is -2.10. The maximum absolute atomic E-state index is 12.4. The molecule has 0 fully saturated rings. The molecule has 0 spiro atoms. The summed E-state index contributed by atoms with van der Waals surface area (Å²) in [7, 11) is -4.24. The zero-order valence-electron chi connectivity index (χ0n) is 15.5. The van der Waals surface area contributed by atoms with Crippen LogP contribution in [0.2, 0.25) is 10.0 Å². The number of rotatable bonds is 6. The van der Waals surface area contributed by atoms with Gasteiger partial charge in [-0.2, -0.15) is 15.0 Å². The van der Waals surface area contributed by atoms with E-state index >= 15 is 0 Å². The average molecular weight is 468 g/mol. The lowest BCUT2D eigenvalue weighted by Crippen LogP contribution is -2.35. The lowest BCUT2D eigenvalue weighted by molar-refractivity contribution is 0.256. The van der Waals surface area contributed by atoms with Crippen LogP contribution in [0.15, 0.2) is 53.4 Å². The van der Waals surface area contributed by atoms with Crippen molar-refractivity contribution >= 4 is 45.2 Å². The first-order valence-corrected chi connectivity index (χ1v) is 10.7. The fraction of sp³-hybridized carbons (Fsp3) is 0.111. The molecule has 12 heteroatoms. The van der Waals surface area contributed by atoms with Crippen LogP contribution in [-0.2, 0) is 10.0 Å². The van der Waals surface area contributed by atoms with E-state index in [1.54, 1.807) is 31.2 Å². The Labute approximate surface area is 182 Å². The number of carbonyl (C=O) groups is 1. The van der Waals surface area contributed by atoms with Crippen LogP contribution >= 0.6 is 23.2 Å². The monoisotopic (exact) mass is 467 g/mol. The number of sulfonamides is 1. The second-order valence-corrected chi connectivity index (χ2v) is 8.28. The Kier molecular flexibility index (Phi) is 6.70. The number of nitrogens with zero attached hydrogens (tertiary/aromatic N) is 3. The number of hydrogen-bond acceptors (Lipinski definition) is 7. The Balaban J connectivity index is 1.84. The number of aromatic nitrogens is 3. The van der Waals surface area contributed by atoms with Crippen molar-refractivity contribution in [3.05, 3.63) is 58.6 Å². The molecule has 2 aromatic carbocycles. The highest BCUT2D eigenvalue weighted by molar-refractivity contribution is 7.90. The Bertz CT molecular complexity index is 1160. The van der Waals surface area contributed by atoms with Gasteiger partial charge < -0.3 is 4.74 Å². The summed E-state index contributed by atoms with van der Waals surface area (Å²) in [6.45, 7) is 2.03. The first-order valence-electron chi connectivity index (χ1n) is 8.51. The van der Waals surface area contributed by atoms with Gasteiger partial charge in [0.1, 0.15) is 0 Å². The van der Waals surface area contributed by atoms with Crippen molar-refractivity contribution < 1.29 is 17.9 Å². The maximum atomic E-state index is 12.4. The molecule has 2 N–H and O–H groups in total. The van der Waals surface area contributed by atoms with Gasteiger partial charge in [0.25, 0.3) is 10.0 Å². The number of nitrogens with one attached hydrogen (secondary N) is 2. The van der Waals surface area contributed by atoms with E-state index in [2.05, 4.69) is 20.3 Å². The van der Waals surface area contributed by atoms with Crippen LogP contribution in [0.25, 0.3) is 11.4 Å². The molecule has 2 amide bonds. The van der Waals surface area contributed by atoms with Crippen molar-refractivity contribution in [3.63, 3.8) is 0 Å². The smallest absolute Gasteiger partial charge is 0.335 e. The standard InChI is InChI=1S/C18H15Cl2N5O4S/c1-2-29-18-22-15(11-6-4-3-5-7-11)21-16(24-18)23-17(26)25-30(27,28)14-9-12(19)8-13(20)10-14/h3-10H,2H2,1H3,(H2,21,22,23,24,25,26). The molecule has 0 unspecified atom stereocenters. The summed E-state index contributed by atoms with van der Waals surface area (Å²) in [5, 5.41) is 2.48. The minimum Gasteiger partial charge on any atom is -0.464 e. The number of amides is 2. The Morgan fingerprint density at radius 3 is 2.33 bits per heavy atom. The highest BCUT2D eigenvalue weighted by Gasteiger charge is 2.20. The molecule has 30 heavy (non-hydrogen) atoms. The zero-order valence-corrected chi connectivity index (χ0v) is 17.8. The third-order valence-electron chi connectivity index (χ3n) is 3.52. The molecule has 0 aliphatic rings. The highest BCUT2D eigenvalue weighted by Crippen LogP contribution is 2.22. The van der Waals surface area contributed by atoms with E-state index in [0.717, 1.165) is 12.1 Å². The van der Waals surface area contributed by atoms with Gasteiger partial charge in [-0.1, -0.05) is 53.5 Å². The van der Waals surface area contributed by atoms with Gasteiger partial charge in [-0.25, -0.2) is 17.9 Å². The Hall–Kier alpha value is -2.95. The zero-order chi connectivity index (χ0) is 21.7. The largest absolute Gasteiger partial charge is 0.464 e. The van der Waals surface area contributed by atoms with E-state index in [0.29, 0.717) is 5.56 Å². The van der Waals surface area contributed by atoms with Crippen LogP contribution in [0, 0.1) is 0 Å². The molecule has 156 valence electrons. The van der Waals surface area contributed by atoms with Gasteiger partial charge in [-0.15, -0.1) is 0 Å². The van der Waals surface area contributed by atoms with E-state index in [4.69, 9.17) is 27.9 Å². The number of ether oxygens (including phenoxy) is 1. The van der Waals surface area contributed by atoms with Crippen LogP contribution in [-0.4, -0.2) is 36.0 Å². The van der Waals surface area contributed by atoms with E-state index in [1.165, 1.54) is 6.07 Å². The van der Waals surface area contributed by atoms with Crippen molar-refractivity contribution in [2.24, 2.45) is 0 Å². The topological polar surface area (TPSA) is 123 Å². The van der Waals surface area contributed by atoms with Crippen LogP contribution in [0.3, 0.4) is 0 Å². The summed E-state index contributed by atoms with van der Waals surface area (Å²) in [5.41, 5.74) is 0.658. The molecule has 0 atom stereocenters. The molecule has 3 aromatic rings. The van der Waals surface area contributed by atoms with Gasteiger partial charge in [-0.05, 0) is 25.1 Å². The summed E-state index contributed by atoms with van der Waals surface area (Å²) in [6.07, 6.45) is 0. The summed E-state index contributed by atoms with van der Waals surface area (Å²) in [4.78, 5) is 24.3. The number of benzene rings is 2. The molecule has 1 heterocycles. The minimum atomic E-state index is -4.24. The number of anilines is 1. The quantitative estimate of drug-likeness (QED) is 0.565. The third-order valence-corrected chi connectivity index (χ3v) is 5.27. The Morgan fingerprint density at radius 1 is 1.03 bits per heavy atom. The van der Waals surface area contributed by atoms with Crippen LogP contribution in [0.1, 0.15) is 6.92 Å². The summed E-state index contributed by atoms with van der Waals surface area (Å²) in [6, 6.07) is 11.5. The van der Waals surface area contributed by atoms with Gasteiger partial charge in [-0.3, -0.25) is 5.32 Å². The molecule has 3 rings (SSSR count). The molecule has 0 saturated heterocycles. The summed E-state index contributed by atoms with van der Waals surface area (Å²) < 4.78 is 32.0. The third kappa shape index (κ3) is 5.56. The van der Waals surface area contributed by atoms with E-state index in [1.807, 2.05) is 10.8 Å². The number of halogens is 2. The molecule has 0 bridgehead atoms. The summed E-state index contributed by atoms with van der Waals surface area (Å²) >= 11 is 11.7. The maximum Gasteiger partial charge on any atom is 0.335 e. The van der Waals surface area contributed by atoms with Crippen molar-refractivity contribution in [1.29, 1.82) is 0 Å². The first kappa shape index (κ1) is 21.8. The average Bonchev–Trinajstić information content (AvgIpc) is 2.67. The van der Waals surface area contributed by atoms with Crippen molar-refractivity contribution in [2.45, 2.75) is 11.8 Å². The predicted octanol–water partition coefficient (Wildman–Crippen LogP) is 3.75. The van der Waals surface area contributed by atoms with Gasteiger partial charge in [0.15, 0.2) is 5.82 Å². The second kappa shape index (κ2) is 9.24. The first-order chi connectivity index (χ1) is 14.3. The normalized spacial score (nSPS) is 11.0. The van der Waals surface area contributed by atoms with Crippen molar-refractivity contribution in [3.8, 4) is 17.4 Å². The number of urea groups is 1. The summed E-state index contributed by atoms with van der Waals surface area (Å²) in [5.74, 6) is 0.0537. The van der Waals surface area contributed by atoms with Crippen molar-refractivity contribution in [1.82, 2.24) is 19.7 Å². The van der Waals surface area contributed by atoms with Gasteiger partial charge in [0.05, 0.1) is 11.5 Å². The molecular weight excluding hydrogens is 453 g/mol. The molecule has 1 aromatic heterocycles. The predicted molar refractivity (Wildman–Crippen MR) is 112 cm³/mol. The number of carbonyl (C=O) groups excluding carboxylic acids is 1. The Morgan fingerprint density at radius 2 is 1.70 bits per heavy atom. The fourth-order valence-corrected chi connectivity index (χ4v) is 3.95. The molecule has 0 saturated carbocycles. The van der Waals surface area contributed by atoms with Crippen LogP contribution in [0.4, 0.5) is 10.7 Å². The van der Waals surface area contributed by atoms with E-state index in [9.17, 15) is 13.2 Å². The minimum absolute atomic E-state index is 0.0221.